The Kier molecular flexibility index (Phi) is 18.6. The number of unbranched alkanes of at least 4 members (excludes halogenated alkanes) is 1. The highest BCUT2D eigenvalue weighted by Gasteiger charge is 2.27. The van der Waals surface area contributed by atoms with Gasteiger partial charge in [0.25, 0.3) is 16.0 Å². The smallest absolute Gasteiger partial charge is 0.261 e. The molecule has 0 saturated heterocycles. The van der Waals surface area contributed by atoms with E-state index in [0.29, 0.717) is 66.1 Å². The Hall–Kier alpha value is -4.84. The minimum Gasteiger partial charge on any atom is -0.493 e. The zero-order chi connectivity index (χ0) is 42.1. The summed E-state index contributed by atoms with van der Waals surface area (Å²) in [5.74, 6) is 1.14. The molecule has 3 aromatic carbocycles. The molecule has 4 aromatic rings. The minimum absolute atomic E-state index is 0.0483. The first-order valence-electron chi connectivity index (χ1n) is 18.7. The van der Waals surface area contributed by atoms with Crippen molar-refractivity contribution < 1.29 is 46.1 Å². The molecule has 0 aliphatic rings. The third kappa shape index (κ3) is 15.2. The van der Waals surface area contributed by atoms with Crippen LogP contribution in [-0.4, -0.2) is 91.5 Å². The molecule has 2 atom stereocenters. The van der Waals surface area contributed by atoms with Crippen LogP contribution in [0.1, 0.15) is 76.2 Å². The second kappa shape index (κ2) is 22.8. The van der Waals surface area contributed by atoms with Crippen molar-refractivity contribution in [1.82, 2.24) is 20.1 Å². The molecule has 1 heterocycles. The Morgan fingerprint density at radius 2 is 1.54 bits per heavy atom. The van der Waals surface area contributed by atoms with Crippen molar-refractivity contribution in [1.29, 1.82) is 0 Å². The predicted molar refractivity (Wildman–Crippen MR) is 223 cm³/mol. The first-order chi connectivity index (χ1) is 27.1. The maximum absolute atomic E-state index is 13.5. The number of nitrogens with one attached hydrogen (secondary N) is 3. The highest BCUT2D eigenvalue weighted by molar-refractivity contribution is 7.85. The topological polar surface area (TPSA) is 199 Å². The summed E-state index contributed by atoms with van der Waals surface area (Å²) < 4.78 is 51.6. The quantitative estimate of drug-likeness (QED) is 0.0390. The van der Waals surface area contributed by atoms with E-state index in [1.54, 1.807) is 43.5 Å². The summed E-state index contributed by atoms with van der Waals surface area (Å²) in [6.45, 7) is 10.9. The van der Waals surface area contributed by atoms with Gasteiger partial charge in [-0.05, 0) is 82.9 Å². The molecule has 4 N–H and O–H groups in total. The molecule has 17 heteroatoms. The minimum atomic E-state index is -3.67. The molecule has 4 rings (SSSR count). The second-order valence-electron chi connectivity index (χ2n) is 13.8. The Labute approximate surface area is 340 Å². The molecule has 0 aliphatic heterocycles. The first-order valence-corrected chi connectivity index (χ1v) is 21.0. The summed E-state index contributed by atoms with van der Waals surface area (Å²) in [4.78, 5) is 41.4. The summed E-state index contributed by atoms with van der Waals surface area (Å²) >= 11 is 4.10. The van der Waals surface area contributed by atoms with Gasteiger partial charge in [-0.3, -0.25) is 23.7 Å². The van der Waals surface area contributed by atoms with Crippen LogP contribution in [0, 0.1) is 0 Å². The van der Waals surface area contributed by atoms with Gasteiger partial charge in [0.2, 0.25) is 11.8 Å². The fourth-order valence-electron chi connectivity index (χ4n) is 5.89. The van der Waals surface area contributed by atoms with Crippen LogP contribution in [0.3, 0.4) is 0 Å². The molecular weight excluding hydrogens is 775 g/mol. The molecule has 0 fully saturated rings. The molecule has 312 valence electrons. The number of ether oxygens (including phenoxy) is 3. The Balaban J connectivity index is 0.00000163. The van der Waals surface area contributed by atoms with E-state index in [0.717, 1.165) is 24.8 Å². The standard InChI is InChI=1S/C39H51N5O7S.CH4O3S/c1-7-13-31(43-52)37(45)40-32(22-27-14-9-8-10-15-27)38(46)41-36-30-18-17-29(24-34(30)51-42-36)49-20-11-12-21-50-33-19-16-28(23-35(33)48-6)39(47)44(25(2)3)26(4)5;1-5(2,3)4/h8-10,14-19,23-26,31-32,43,52H,7,11-13,20-22H2,1-6H3,(H,40,45)(H,41,42,46);1H3,(H,2,3,4)/t31-,32-;/m0./s1. The number of aromatic nitrogens is 1. The number of thiol groups is 1. The monoisotopic (exact) mass is 829 g/mol. The molecule has 1 aromatic heterocycles. The van der Waals surface area contributed by atoms with Gasteiger partial charge in [-0.1, -0.05) is 61.6 Å². The van der Waals surface area contributed by atoms with Crippen molar-refractivity contribution in [3.8, 4) is 17.2 Å². The number of nitrogens with zero attached hydrogens (tertiary/aromatic N) is 2. The highest BCUT2D eigenvalue weighted by atomic mass is 32.2. The largest absolute Gasteiger partial charge is 0.493 e. The third-order valence-electron chi connectivity index (χ3n) is 8.47. The van der Waals surface area contributed by atoms with E-state index >= 15 is 0 Å². The van der Waals surface area contributed by atoms with Crippen molar-refractivity contribution in [2.45, 2.75) is 90.9 Å². The van der Waals surface area contributed by atoms with E-state index in [9.17, 15) is 22.8 Å². The maximum Gasteiger partial charge on any atom is 0.261 e. The lowest BCUT2D eigenvalue weighted by molar-refractivity contribution is -0.127. The number of benzene rings is 3. The van der Waals surface area contributed by atoms with Crippen molar-refractivity contribution >= 4 is 57.4 Å². The first kappa shape index (κ1) is 46.5. The summed E-state index contributed by atoms with van der Waals surface area (Å²) in [7, 11) is -2.11. The molecular formula is C40H55N5O10S2. The van der Waals surface area contributed by atoms with Gasteiger partial charge in [0.1, 0.15) is 11.8 Å². The van der Waals surface area contributed by atoms with E-state index < -0.39 is 28.1 Å². The number of carbonyl (C=O) groups is 3. The van der Waals surface area contributed by atoms with E-state index in [-0.39, 0.29) is 29.7 Å². The van der Waals surface area contributed by atoms with Crippen molar-refractivity contribution in [3.63, 3.8) is 0 Å². The van der Waals surface area contributed by atoms with Crippen LogP contribution in [0.15, 0.2) is 71.3 Å². The lowest BCUT2D eigenvalue weighted by Gasteiger charge is -2.31. The number of fused-ring (bicyclic) bond motifs is 1. The maximum atomic E-state index is 13.5. The number of carbonyl (C=O) groups excluding carboxylic acids is 3. The van der Waals surface area contributed by atoms with Crippen molar-refractivity contribution in [2.24, 2.45) is 0 Å². The van der Waals surface area contributed by atoms with Crippen LogP contribution in [-0.2, 0) is 26.1 Å². The van der Waals surface area contributed by atoms with E-state index in [2.05, 4.69) is 33.3 Å². The normalized spacial score (nSPS) is 12.3. The van der Waals surface area contributed by atoms with E-state index in [1.807, 2.05) is 69.9 Å². The molecule has 3 amide bonds. The Morgan fingerprint density at radius 1 is 0.895 bits per heavy atom. The summed E-state index contributed by atoms with van der Waals surface area (Å²) in [6, 6.07) is 18.8. The molecule has 0 aliphatic carbocycles. The van der Waals surface area contributed by atoms with Gasteiger partial charge < -0.3 is 34.3 Å². The molecule has 0 spiro atoms. The molecule has 0 saturated carbocycles. The van der Waals surface area contributed by atoms with Gasteiger partial charge in [0.05, 0.1) is 38.0 Å². The summed E-state index contributed by atoms with van der Waals surface area (Å²) in [6.07, 6.45) is 3.81. The molecule has 0 bridgehead atoms. The number of anilines is 1. The second-order valence-corrected chi connectivity index (χ2v) is 15.5. The van der Waals surface area contributed by atoms with E-state index in [1.165, 1.54) is 0 Å². The SMILES string of the molecule is CCC[C@H](NS)C(=O)N[C@@H](Cc1ccccc1)C(=O)Nc1noc2cc(OCCCCOc3ccc(C(=O)N(C(C)C)C(C)C)cc3OC)ccc12.CS(=O)(=O)O. The molecule has 15 nitrogen and oxygen atoms in total. The van der Waals surface area contributed by atoms with Crippen LogP contribution in [0.2, 0.25) is 0 Å². The average molecular weight is 830 g/mol. The van der Waals surface area contributed by atoms with Gasteiger partial charge in [-0.25, -0.2) is 0 Å². The van der Waals surface area contributed by atoms with Crippen LogP contribution in [0.5, 0.6) is 17.2 Å². The molecule has 0 unspecified atom stereocenters. The fraction of sp³-hybridized carbons (Fsp3) is 0.450. The Morgan fingerprint density at radius 3 is 2.14 bits per heavy atom. The van der Waals surface area contributed by atoms with Crippen LogP contribution in [0.25, 0.3) is 11.0 Å². The highest BCUT2D eigenvalue weighted by Crippen LogP contribution is 2.30. The predicted octanol–water partition coefficient (Wildman–Crippen LogP) is 6.11. The van der Waals surface area contributed by atoms with Gasteiger partial charge in [-0.15, -0.1) is 0 Å². The molecule has 57 heavy (non-hydrogen) atoms. The van der Waals surface area contributed by atoms with Crippen molar-refractivity contribution in [3.05, 3.63) is 77.9 Å². The molecule has 0 radical (unpaired) electrons. The number of rotatable bonds is 20. The van der Waals surface area contributed by atoms with Gasteiger partial charge >= 0.3 is 0 Å². The fourth-order valence-corrected chi connectivity index (χ4v) is 6.13. The zero-order valence-corrected chi connectivity index (χ0v) is 35.2. The Bertz CT molecular complexity index is 1990. The zero-order valence-electron chi connectivity index (χ0n) is 33.5. The number of methoxy groups -OCH3 is 1. The van der Waals surface area contributed by atoms with Crippen molar-refractivity contribution in [2.75, 3.05) is 31.9 Å². The third-order valence-corrected chi connectivity index (χ3v) is 8.78. The van der Waals surface area contributed by atoms with Gasteiger partial charge in [-0.2, -0.15) is 8.42 Å². The van der Waals surface area contributed by atoms with E-state index in [4.69, 9.17) is 23.3 Å². The average Bonchev–Trinajstić information content (AvgIpc) is 3.55. The summed E-state index contributed by atoms with van der Waals surface area (Å²) in [5.41, 5.74) is 1.90. The summed E-state index contributed by atoms with van der Waals surface area (Å²) in [5, 5.41) is 10.4. The number of amides is 3. The lowest BCUT2D eigenvalue weighted by atomic mass is 10.0. The van der Waals surface area contributed by atoms with Crippen LogP contribution >= 0.6 is 12.8 Å². The van der Waals surface area contributed by atoms with Crippen LogP contribution < -0.4 is 29.6 Å². The number of hydrogen-bond donors (Lipinski definition) is 5. The van der Waals surface area contributed by atoms with Crippen LogP contribution in [0.4, 0.5) is 5.82 Å². The van der Waals surface area contributed by atoms with Gasteiger partial charge in [0.15, 0.2) is 22.9 Å². The number of hydrogen-bond acceptors (Lipinski definition) is 12. The van der Waals surface area contributed by atoms with Gasteiger partial charge in [0, 0.05) is 30.1 Å². The lowest BCUT2D eigenvalue weighted by Crippen LogP contribution is -2.51.